The van der Waals surface area contributed by atoms with Gasteiger partial charge < -0.3 is 10.4 Å². The Kier molecular flexibility index (Phi) is 4.73. The fourth-order valence-electron chi connectivity index (χ4n) is 1.52. The Labute approximate surface area is 100 Å². The molecule has 0 bridgehead atoms. The van der Waals surface area contributed by atoms with Gasteiger partial charge in [-0.2, -0.15) is 5.10 Å². The Balaban J connectivity index is 0.00000128. The van der Waals surface area contributed by atoms with Crippen LogP contribution in [0.5, 0.6) is 0 Å². The molecule has 88 valence electrons. The summed E-state index contributed by atoms with van der Waals surface area (Å²) in [4.78, 5) is 0. The molecule has 1 heterocycles. The first kappa shape index (κ1) is 13.0. The second kappa shape index (κ2) is 5.84. The van der Waals surface area contributed by atoms with Gasteiger partial charge in [0.15, 0.2) is 0 Å². The molecule has 0 aliphatic heterocycles. The Morgan fingerprint density at radius 2 is 2.31 bits per heavy atom. The molecule has 1 unspecified atom stereocenters. The minimum absolute atomic E-state index is 0. The monoisotopic (exact) mass is 241 g/mol. The Bertz CT molecular complexity index is 441. The molecule has 0 radical (unpaired) electrons. The second-order valence-electron chi connectivity index (χ2n) is 3.77. The van der Waals surface area contributed by atoms with Crippen LogP contribution in [0.4, 0.5) is 0 Å². The van der Waals surface area contributed by atoms with Crippen molar-refractivity contribution < 1.29 is 5.11 Å². The summed E-state index contributed by atoms with van der Waals surface area (Å²) in [7, 11) is 0. The maximum absolute atomic E-state index is 9.09. The fourth-order valence-corrected chi connectivity index (χ4v) is 1.52. The normalized spacial score (nSPS) is 12.4. The van der Waals surface area contributed by atoms with Crippen LogP contribution in [0.2, 0.25) is 0 Å². The smallest absolute Gasteiger partial charge is 0.0653 e. The number of benzene rings is 1. The lowest BCUT2D eigenvalue weighted by Crippen LogP contribution is -2.23. The number of nitrogens with zero attached hydrogens (tertiary/aromatic N) is 1. The van der Waals surface area contributed by atoms with Gasteiger partial charge in [0.05, 0.1) is 17.8 Å². The maximum Gasteiger partial charge on any atom is 0.0653 e. The summed E-state index contributed by atoms with van der Waals surface area (Å²) >= 11 is 0. The minimum Gasteiger partial charge on any atom is -0.392 e. The number of aromatic amines is 1. The highest BCUT2D eigenvalue weighted by atomic mass is 35.5. The first-order chi connectivity index (χ1) is 7.25. The highest BCUT2D eigenvalue weighted by Gasteiger charge is 1.99. The van der Waals surface area contributed by atoms with Gasteiger partial charge in [-0.3, -0.25) is 5.10 Å². The number of hydrogen-bond donors (Lipinski definition) is 3. The van der Waals surface area contributed by atoms with Crippen molar-refractivity contribution in [3.8, 4) is 0 Å². The average molecular weight is 242 g/mol. The third-order valence-electron chi connectivity index (χ3n) is 2.28. The van der Waals surface area contributed by atoms with Gasteiger partial charge in [0.25, 0.3) is 0 Å². The topological polar surface area (TPSA) is 60.9 Å². The van der Waals surface area contributed by atoms with Crippen molar-refractivity contribution in [2.45, 2.75) is 19.6 Å². The predicted octanol–water partition coefficient (Wildman–Crippen LogP) is 1.46. The van der Waals surface area contributed by atoms with Crippen LogP contribution in [0.25, 0.3) is 10.9 Å². The molecule has 0 aliphatic carbocycles. The summed E-state index contributed by atoms with van der Waals surface area (Å²) in [5.41, 5.74) is 2.23. The summed E-state index contributed by atoms with van der Waals surface area (Å²) in [6, 6.07) is 6.17. The summed E-state index contributed by atoms with van der Waals surface area (Å²) in [5, 5.41) is 20.3. The molecule has 0 spiro atoms. The van der Waals surface area contributed by atoms with Crippen LogP contribution in [0.1, 0.15) is 12.5 Å². The zero-order valence-corrected chi connectivity index (χ0v) is 9.92. The molecule has 1 aromatic carbocycles. The third-order valence-corrected chi connectivity index (χ3v) is 2.28. The van der Waals surface area contributed by atoms with Crippen molar-refractivity contribution in [1.82, 2.24) is 15.5 Å². The van der Waals surface area contributed by atoms with Crippen molar-refractivity contribution in [2.24, 2.45) is 0 Å². The van der Waals surface area contributed by atoms with Gasteiger partial charge in [0.2, 0.25) is 0 Å². The highest BCUT2D eigenvalue weighted by Crippen LogP contribution is 2.12. The molecule has 0 fully saturated rings. The number of aliphatic hydroxyl groups excluding tert-OH is 1. The lowest BCUT2D eigenvalue weighted by molar-refractivity contribution is 0.191. The molecule has 0 amide bonds. The SMILES string of the molecule is CC(O)CNCc1ccc2cn[nH]c2c1.Cl. The van der Waals surface area contributed by atoms with Crippen LogP contribution in [0.15, 0.2) is 24.4 Å². The van der Waals surface area contributed by atoms with E-state index in [2.05, 4.69) is 27.6 Å². The quantitative estimate of drug-likeness (QED) is 0.760. The Hall–Kier alpha value is -1.10. The van der Waals surface area contributed by atoms with E-state index in [1.807, 2.05) is 12.3 Å². The van der Waals surface area contributed by atoms with Crippen molar-refractivity contribution >= 4 is 23.3 Å². The molecule has 1 aromatic heterocycles. The second-order valence-corrected chi connectivity index (χ2v) is 3.77. The maximum atomic E-state index is 9.09. The van der Waals surface area contributed by atoms with E-state index >= 15 is 0 Å². The van der Waals surface area contributed by atoms with E-state index in [9.17, 15) is 0 Å². The van der Waals surface area contributed by atoms with E-state index in [-0.39, 0.29) is 18.5 Å². The molecule has 2 rings (SSSR count). The molecule has 4 nitrogen and oxygen atoms in total. The van der Waals surface area contributed by atoms with Crippen LogP contribution in [0, 0.1) is 0 Å². The van der Waals surface area contributed by atoms with Gasteiger partial charge in [-0.15, -0.1) is 12.4 Å². The molecule has 0 aliphatic rings. The van der Waals surface area contributed by atoms with Crippen molar-refractivity contribution in [3.63, 3.8) is 0 Å². The van der Waals surface area contributed by atoms with E-state index in [0.717, 1.165) is 17.4 Å². The number of hydrogen-bond acceptors (Lipinski definition) is 3. The van der Waals surface area contributed by atoms with E-state index in [4.69, 9.17) is 5.11 Å². The van der Waals surface area contributed by atoms with Gasteiger partial charge in [0, 0.05) is 18.5 Å². The summed E-state index contributed by atoms with van der Waals surface area (Å²) in [6.45, 7) is 3.14. The molecule has 2 aromatic rings. The van der Waals surface area contributed by atoms with Gasteiger partial charge in [-0.05, 0) is 18.6 Å². The number of halogens is 1. The van der Waals surface area contributed by atoms with E-state index in [0.29, 0.717) is 6.54 Å². The van der Waals surface area contributed by atoms with Crippen molar-refractivity contribution in [1.29, 1.82) is 0 Å². The number of aromatic nitrogens is 2. The van der Waals surface area contributed by atoms with Crippen LogP contribution < -0.4 is 5.32 Å². The fraction of sp³-hybridized carbons (Fsp3) is 0.364. The molecule has 3 N–H and O–H groups in total. The van der Waals surface area contributed by atoms with Gasteiger partial charge in [0.1, 0.15) is 0 Å². The van der Waals surface area contributed by atoms with Gasteiger partial charge in [-0.25, -0.2) is 0 Å². The molecular weight excluding hydrogens is 226 g/mol. The average Bonchev–Trinajstić information content (AvgIpc) is 2.64. The van der Waals surface area contributed by atoms with Crippen molar-refractivity contribution in [3.05, 3.63) is 30.0 Å². The zero-order valence-electron chi connectivity index (χ0n) is 9.10. The lowest BCUT2D eigenvalue weighted by atomic mass is 10.1. The van der Waals surface area contributed by atoms with Crippen LogP contribution in [0.3, 0.4) is 0 Å². The standard InChI is InChI=1S/C11H15N3O.ClH/c1-8(15)5-12-6-9-2-3-10-7-13-14-11(10)4-9;/h2-4,7-8,12,15H,5-6H2,1H3,(H,13,14);1H. The van der Waals surface area contributed by atoms with E-state index in [1.165, 1.54) is 5.56 Å². The third kappa shape index (κ3) is 3.20. The zero-order chi connectivity index (χ0) is 10.7. The number of rotatable bonds is 4. The first-order valence-electron chi connectivity index (χ1n) is 5.06. The molecule has 5 heteroatoms. The Morgan fingerprint density at radius 3 is 3.06 bits per heavy atom. The van der Waals surface area contributed by atoms with Crippen LogP contribution >= 0.6 is 12.4 Å². The molecule has 1 atom stereocenters. The van der Waals surface area contributed by atoms with E-state index < -0.39 is 0 Å². The van der Waals surface area contributed by atoms with Crippen molar-refractivity contribution in [2.75, 3.05) is 6.54 Å². The van der Waals surface area contributed by atoms with Crippen LogP contribution in [-0.4, -0.2) is 28.0 Å². The highest BCUT2D eigenvalue weighted by molar-refractivity contribution is 5.85. The van der Waals surface area contributed by atoms with E-state index in [1.54, 1.807) is 6.92 Å². The number of nitrogens with one attached hydrogen (secondary N) is 2. The van der Waals surface area contributed by atoms with Crippen LogP contribution in [-0.2, 0) is 6.54 Å². The lowest BCUT2D eigenvalue weighted by Gasteiger charge is -2.06. The summed E-state index contributed by atoms with van der Waals surface area (Å²) in [5.74, 6) is 0. The summed E-state index contributed by atoms with van der Waals surface area (Å²) in [6.07, 6.45) is 1.50. The first-order valence-corrected chi connectivity index (χ1v) is 5.06. The number of aliphatic hydroxyl groups is 1. The van der Waals surface area contributed by atoms with Gasteiger partial charge in [-0.1, -0.05) is 12.1 Å². The Morgan fingerprint density at radius 1 is 1.50 bits per heavy atom. The molecule has 0 saturated heterocycles. The molecule has 16 heavy (non-hydrogen) atoms. The molecule has 0 saturated carbocycles. The molecular formula is C11H16ClN3O. The number of H-pyrrole nitrogens is 1. The summed E-state index contributed by atoms with van der Waals surface area (Å²) < 4.78 is 0. The van der Waals surface area contributed by atoms with Gasteiger partial charge >= 0.3 is 0 Å². The number of fused-ring (bicyclic) bond motifs is 1. The minimum atomic E-state index is -0.305. The predicted molar refractivity (Wildman–Crippen MR) is 66.7 cm³/mol. The largest absolute Gasteiger partial charge is 0.392 e.